The van der Waals surface area contributed by atoms with Crippen LogP contribution in [0.2, 0.25) is 0 Å². The van der Waals surface area contributed by atoms with Crippen molar-refractivity contribution >= 4 is 11.5 Å². The Morgan fingerprint density at radius 3 is 2.75 bits per heavy atom. The fourth-order valence-corrected chi connectivity index (χ4v) is 2.28. The first kappa shape index (κ1) is 13.1. The molecule has 0 amide bonds. The molecule has 0 aromatic carbocycles. The van der Waals surface area contributed by atoms with Crippen molar-refractivity contribution in [1.29, 1.82) is 0 Å². The fourth-order valence-electron chi connectivity index (χ4n) is 2.28. The number of nitrogens with two attached hydrogens (primary N) is 1. The summed E-state index contributed by atoms with van der Waals surface area (Å²) in [5.41, 5.74) is 5.95. The van der Waals surface area contributed by atoms with Crippen molar-refractivity contribution in [2.24, 2.45) is 5.73 Å². The Labute approximate surface area is 112 Å². The Balaban J connectivity index is 1.94. The van der Waals surface area contributed by atoms with Gasteiger partial charge >= 0.3 is 6.18 Å². The number of nitrogens with zero attached hydrogens (tertiary/aromatic N) is 5. The van der Waals surface area contributed by atoms with Crippen LogP contribution in [0.3, 0.4) is 0 Å². The monoisotopic (exact) mass is 286 g/mol. The third-order valence-electron chi connectivity index (χ3n) is 3.23. The Morgan fingerprint density at radius 2 is 2.05 bits per heavy atom. The van der Waals surface area contributed by atoms with Crippen molar-refractivity contribution in [2.45, 2.75) is 25.1 Å². The summed E-state index contributed by atoms with van der Waals surface area (Å²) in [4.78, 5) is 5.35. The predicted molar refractivity (Wildman–Crippen MR) is 65.2 cm³/mol. The van der Waals surface area contributed by atoms with Gasteiger partial charge in [0.2, 0.25) is 0 Å². The van der Waals surface area contributed by atoms with Gasteiger partial charge in [0.25, 0.3) is 5.82 Å². The first-order chi connectivity index (χ1) is 9.43. The number of halogens is 3. The number of rotatable bonds is 1. The molecule has 1 aliphatic rings. The van der Waals surface area contributed by atoms with Crippen LogP contribution < -0.4 is 10.6 Å². The molecule has 2 N–H and O–H groups in total. The van der Waals surface area contributed by atoms with E-state index in [1.54, 1.807) is 6.07 Å². The first-order valence-corrected chi connectivity index (χ1v) is 6.25. The molecular formula is C11H13F3N6. The number of hydrogen-bond donors (Lipinski definition) is 1. The molecule has 0 aliphatic carbocycles. The number of piperidine rings is 1. The third kappa shape index (κ3) is 2.40. The molecule has 1 fully saturated rings. The zero-order chi connectivity index (χ0) is 14.3. The third-order valence-corrected chi connectivity index (χ3v) is 3.23. The van der Waals surface area contributed by atoms with Crippen LogP contribution in [0.5, 0.6) is 0 Å². The van der Waals surface area contributed by atoms with Gasteiger partial charge in [-0.05, 0) is 25.0 Å². The summed E-state index contributed by atoms with van der Waals surface area (Å²) < 4.78 is 38.5. The highest BCUT2D eigenvalue weighted by Crippen LogP contribution is 2.26. The topological polar surface area (TPSA) is 72.3 Å². The molecule has 0 unspecified atom stereocenters. The summed E-state index contributed by atoms with van der Waals surface area (Å²) >= 11 is 0. The molecule has 108 valence electrons. The molecule has 0 bridgehead atoms. The van der Waals surface area contributed by atoms with Crippen LogP contribution >= 0.6 is 0 Å². The molecule has 0 saturated carbocycles. The summed E-state index contributed by atoms with van der Waals surface area (Å²) in [5.74, 6) is -0.622. The van der Waals surface area contributed by atoms with Crippen molar-refractivity contribution in [3.8, 4) is 0 Å². The minimum Gasteiger partial charge on any atom is -0.354 e. The smallest absolute Gasteiger partial charge is 0.354 e. The van der Waals surface area contributed by atoms with Crippen LogP contribution in [-0.2, 0) is 6.18 Å². The van der Waals surface area contributed by atoms with Gasteiger partial charge in [-0.25, -0.2) is 4.98 Å². The SMILES string of the molecule is N[C@@H]1CCCN(c2ccc3nc(C(F)(F)F)nn3n2)C1. The van der Waals surface area contributed by atoms with Crippen molar-refractivity contribution in [3.63, 3.8) is 0 Å². The molecule has 3 rings (SSSR count). The van der Waals surface area contributed by atoms with Crippen LogP contribution in [0.1, 0.15) is 18.7 Å². The summed E-state index contributed by atoms with van der Waals surface area (Å²) in [5, 5.41) is 7.45. The molecule has 1 saturated heterocycles. The molecule has 2 aromatic heterocycles. The lowest BCUT2D eigenvalue weighted by Crippen LogP contribution is -2.43. The average molecular weight is 286 g/mol. The van der Waals surface area contributed by atoms with E-state index in [1.807, 2.05) is 4.90 Å². The van der Waals surface area contributed by atoms with E-state index >= 15 is 0 Å². The van der Waals surface area contributed by atoms with Gasteiger partial charge in [-0.1, -0.05) is 0 Å². The van der Waals surface area contributed by atoms with Gasteiger partial charge in [0.1, 0.15) is 0 Å². The van der Waals surface area contributed by atoms with Crippen LogP contribution in [0, 0.1) is 0 Å². The molecule has 0 radical (unpaired) electrons. The number of fused-ring (bicyclic) bond motifs is 1. The summed E-state index contributed by atoms with van der Waals surface area (Å²) in [6, 6.07) is 3.18. The lowest BCUT2D eigenvalue weighted by molar-refractivity contribution is -0.144. The number of anilines is 1. The minimum absolute atomic E-state index is 0.0581. The normalized spacial score (nSPS) is 20.6. The lowest BCUT2D eigenvalue weighted by atomic mass is 10.1. The molecule has 9 heteroatoms. The van der Waals surface area contributed by atoms with Crippen molar-refractivity contribution in [3.05, 3.63) is 18.0 Å². The van der Waals surface area contributed by atoms with Gasteiger partial charge in [-0.3, -0.25) is 0 Å². The highest BCUT2D eigenvalue weighted by atomic mass is 19.4. The molecule has 0 spiro atoms. The van der Waals surface area contributed by atoms with Crippen molar-refractivity contribution in [1.82, 2.24) is 19.8 Å². The van der Waals surface area contributed by atoms with E-state index in [-0.39, 0.29) is 11.7 Å². The Kier molecular flexibility index (Phi) is 3.00. The summed E-state index contributed by atoms with van der Waals surface area (Å²) in [7, 11) is 0. The second-order valence-electron chi connectivity index (χ2n) is 4.82. The van der Waals surface area contributed by atoms with E-state index in [2.05, 4.69) is 15.2 Å². The predicted octanol–water partition coefficient (Wildman–Crippen LogP) is 1.07. The number of aromatic nitrogens is 4. The Bertz CT molecular complexity index is 622. The van der Waals surface area contributed by atoms with Gasteiger partial charge in [-0.15, -0.1) is 14.8 Å². The van der Waals surface area contributed by atoms with Crippen LogP contribution in [0.4, 0.5) is 19.0 Å². The Morgan fingerprint density at radius 1 is 1.25 bits per heavy atom. The Hall–Kier alpha value is -1.90. The number of alkyl halides is 3. The first-order valence-electron chi connectivity index (χ1n) is 6.25. The standard InChI is InChI=1S/C11H13F3N6/c12-11(13,14)10-16-8-3-4-9(17-20(8)18-10)19-5-1-2-7(15)6-19/h3-4,7H,1-2,5-6,15H2/t7-/m1/s1. The van der Waals surface area contributed by atoms with Gasteiger partial charge in [-0.2, -0.15) is 13.2 Å². The highest BCUT2D eigenvalue weighted by molar-refractivity contribution is 5.45. The minimum atomic E-state index is -4.57. The maximum atomic E-state index is 12.5. The van der Waals surface area contributed by atoms with E-state index in [0.717, 1.165) is 24.0 Å². The zero-order valence-corrected chi connectivity index (χ0v) is 10.5. The van der Waals surface area contributed by atoms with Gasteiger partial charge in [0.15, 0.2) is 11.5 Å². The van der Waals surface area contributed by atoms with E-state index in [0.29, 0.717) is 12.4 Å². The second-order valence-corrected chi connectivity index (χ2v) is 4.82. The largest absolute Gasteiger partial charge is 0.453 e. The summed E-state index contributed by atoms with van der Waals surface area (Å²) in [6.45, 7) is 1.42. The van der Waals surface area contributed by atoms with E-state index in [9.17, 15) is 13.2 Å². The average Bonchev–Trinajstić information content (AvgIpc) is 2.81. The fraction of sp³-hybridized carbons (Fsp3) is 0.545. The van der Waals surface area contributed by atoms with Crippen molar-refractivity contribution in [2.75, 3.05) is 18.0 Å². The lowest BCUT2D eigenvalue weighted by Gasteiger charge is -2.31. The van der Waals surface area contributed by atoms with Crippen LogP contribution in [0.25, 0.3) is 5.65 Å². The van der Waals surface area contributed by atoms with Gasteiger partial charge in [0, 0.05) is 19.1 Å². The highest BCUT2D eigenvalue weighted by Gasteiger charge is 2.36. The molecule has 1 aliphatic heterocycles. The number of hydrogen-bond acceptors (Lipinski definition) is 5. The van der Waals surface area contributed by atoms with Crippen molar-refractivity contribution < 1.29 is 13.2 Å². The van der Waals surface area contributed by atoms with E-state index in [4.69, 9.17) is 5.73 Å². The van der Waals surface area contributed by atoms with Gasteiger partial charge < -0.3 is 10.6 Å². The quantitative estimate of drug-likeness (QED) is 0.849. The second kappa shape index (κ2) is 4.58. The molecule has 3 heterocycles. The van der Waals surface area contributed by atoms with E-state index < -0.39 is 12.0 Å². The molecule has 6 nitrogen and oxygen atoms in total. The maximum absolute atomic E-state index is 12.5. The van der Waals surface area contributed by atoms with Crippen LogP contribution in [-0.4, -0.2) is 38.9 Å². The summed E-state index contributed by atoms with van der Waals surface area (Å²) in [6.07, 6.45) is -2.69. The maximum Gasteiger partial charge on any atom is 0.453 e. The zero-order valence-electron chi connectivity index (χ0n) is 10.5. The molecular weight excluding hydrogens is 273 g/mol. The van der Waals surface area contributed by atoms with Crippen LogP contribution in [0.15, 0.2) is 12.1 Å². The molecule has 2 aromatic rings. The molecule has 20 heavy (non-hydrogen) atoms. The molecule has 1 atom stereocenters. The van der Waals surface area contributed by atoms with E-state index in [1.165, 1.54) is 6.07 Å². The van der Waals surface area contributed by atoms with Gasteiger partial charge in [0.05, 0.1) is 0 Å².